The minimum Gasteiger partial charge on any atom is -0.489 e. The smallest absolute Gasteiger partial charge is 0.489 e. The Morgan fingerprint density at radius 3 is 2.12 bits per heavy atom. The molecule has 8 heterocycles. The summed E-state index contributed by atoms with van der Waals surface area (Å²) in [7, 11) is 1.83. The molecule has 10 rings (SSSR count). The molecule has 1 atom stereocenters. The number of ether oxygens (including phenoxy) is 2. The molecule has 0 radical (unpaired) electrons. The summed E-state index contributed by atoms with van der Waals surface area (Å²) in [5.74, 6) is -0.245. The number of aromatic nitrogens is 2. The van der Waals surface area contributed by atoms with Crippen molar-refractivity contribution in [1.82, 2.24) is 9.13 Å². The predicted octanol–water partition coefficient (Wildman–Crippen LogP) is 6.52. The van der Waals surface area contributed by atoms with Crippen LogP contribution in [0.2, 0.25) is 0 Å². The second-order valence-electron chi connectivity index (χ2n) is 15.7. The number of hydrogen-bond donors (Lipinski definition) is 0. The first kappa shape index (κ1) is 29.7. The van der Waals surface area contributed by atoms with Crippen molar-refractivity contribution in [2.45, 2.75) is 66.7 Å². The first-order valence-corrected chi connectivity index (χ1v) is 18.0. The van der Waals surface area contributed by atoms with Gasteiger partial charge in [-0.15, -0.1) is 0 Å². The maximum atomic E-state index is 14.4. The molecule has 2 aromatic heterocycles. The molecule has 2 aromatic carbocycles. The summed E-state index contributed by atoms with van der Waals surface area (Å²) in [5, 5.41) is 2.30. The van der Waals surface area contributed by atoms with Gasteiger partial charge < -0.3 is 9.47 Å². The van der Waals surface area contributed by atoms with Crippen LogP contribution in [0, 0.1) is 10.8 Å². The zero-order chi connectivity index (χ0) is 34.5. The highest BCUT2D eigenvalue weighted by Gasteiger charge is 2.76. The molecule has 250 valence electrons. The molecule has 0 amide bonds. The quantitative estimate of drug-likeness (QED) is 0.175. The summed E-state index contributed by atoms with van der Waals surface area (Å²) in [6.07, 6.45) is 9.59. The number of hydrogen-bond acceptors (Lipinski definition) is 3. The van der Waals surface area contributed by atoms with E-state index in [4.69, 9.17) is 9.47 Å². The lowest BCUT2D eigenvalue weighted by molar-refractivity contribution is -0.838. The molecule has 4 aromatic rings. The van der Waals surface area contributed by atoms with E-state index in [1.165, 1.54) is 44.9 Å². The maximum Gasteiger partial charge on any atom is 0.553 e. The molecule has 0 unspecified atom stereocenters. The second-order valence-corrected chi connectivity index (χ2v) is 15.7. The van der Waals surface area contributed by atoms with E-state index >= 15 is 0 Å². The lowest BCUT2D eigenvalue weighted by Gasteiger charge is -2.39. The van der Waals surface area contributed by atoms with E-state index in [-0.39, 0.29) is 16.8 Å². The molecule has 7 heteroatoms. The van der Waals surface area contributed by atoms with E-state index < -0.39 is 5.91 Å². The molecule has 1 spiro atoms. The summed E-state index contributed by atoms with van der Waals surface area (Å²) >= 11 is 0. The lowest BCUT2D eigenvalue weighted by Crippen LogP contribution is -2.70. The van der Waals surface area contributed by atoms with Crippen LogP contribution in [-0.2, 0) is 21.8 Å². The van der Waals surface area contributed by atoms with Gasteiger partial charge in [0.15, 0.2) is 5.70 Å². The fraction of sp³-hybridized carbons (Fsp3) is 0.326. The Kier molecular flexibility index (Phi) is 5.67. The van der Waals surface area contributed by atoms with E-state index in [2.05, 4.69) is 126 Å². The average molecular weight is 663 g/mol. The number of nitrogens with zero attached hydrogens (tertiary/aromatic N) is 4. The number of esters is 1. The minimum absolute atomic E-state index is 0.158. The highest BCUT2D eigenvalue weighted by molar-refractivity contribution is 6.16. The molecule has 7 nitrogen and oxygen atoms in total. The fourth-order valence-corrected chi connectivity index (χ4v) is 10.1. The highest BCUT2D eigenvalue weighted by atomic mass is 16.5. The van der Waals surface area contributed by atoms with Gasteiger partial charge in [0.25, 0.3) is 0 Å². The van der Waals surface area contributed by atoms with Crippen LogP contribution < -0.4 is 10.7 Å². The van der Waals surface area contributed by atoms with Crippen molar-refractivity contribution < 1.29 is 23.4 Å². The largest absolute Gasteiger partial charge is 0.553 e. The van der Waals surface area contributed by atoms with Gasteiger partial charge in [-0.2, -0.15) is 9.13 Å². The molecule has 0 saturated heterocycles. The first-order chi connectivity index (χ1) is 24.1. The van der Waals surface area contributed by atoms with Crippen molar-refractivity contribution >= 4 is 41.4 Å². The van der Waals surface area contributed by atoms with Crippen molar-refractivity contribution in [3.63, 3.8) is 0 Å². The van der Waals surface area contributed by atoms with Crippen LogP contribution in [0.1, 0.15) is 81.7 Å². The van der Waals surface area contributed by atoms with Gasteiger partial charge >= 0.3 is 11.9 Å². The van der Waals surface area contributed by atoms with Crippen molar-refractivity contribution in [3.05, 3.63) is 105 Å². The third-order valence-electron chi connectivity index (χ3n) is 11.9. The number of methoxy groups -OCH3 is 1. The van der Waals surface area contributed by atoms with Crippen LogP contribution in [0.25, 0.3) is 46.2 Å². The first-order valence-electron chi connectivity index (χ1n) is 18.0. The fourth-order valence-electron chi connectivity index (χ4n) is 10.1. The summed E-state index contributed by atoms with van der Waals surface area (Å²) in [4.78, 5) is 14.4. The van der Waals surface area contributed by atoms with E-state index in [1.54, 1.807) is 0 Å². The zero-order valence-electron chi connectivity index (χ0n) is 29.8. The molecule has 0 N–H and O–H groups in total. The van der Waals surface area contributed by atoms with Crippen LogP contribution >= 0.6 is 0 Å². The number of rotatable bonds is 6. The Bertz CT molecular complexity index is 2520. The van der Waals surface area contributed by atoms with Crippen LogP contribution in [0.4, 0.5) is 0 Å². The van der Waals surface area contributed by atoms with Gasteiger partial charge in [0.2, 0.25) is 22.9 Å². The maximum absolute atomic E-state index is 14.4. The summed E-state index contributed by atoms with van der Waals surface area (Å²) < 4.78 is 22.7. The normalized spacial score (nSPS) is 22.2. The molecule has 0 fully saturated rings. The standard InChI is InChI=1S/C43H42N4O3/c1-8-28-35(25-16-12-10-13-17-25)30-21-33-41(3,4)23-27-20-29-37(40(48)50-9-2)36(26-18-14-11-15-19-26)31-22-34-42(5,6)24-32-39(49-7)38(28)47(30)43(44(27)33,45(29)31)46(32)34/h10-22H,8-9,23-24H2,1-7H3/q+2/t43-/m1/s1. The molecule has 0 saturated carbocycles. The number of benzene rings is 2. The minimum atomic E-state index is -0.891. The van der Waals surface area contributed by atoms with E-state index in [0.29, 0.717) is 12.2 Å². The Hall–Kier alpha value is -5.17. The molecule has 0 bridgehead atoms. The number of carbonyl (C=O) groups excluding carboxylic acids is 1. The van der Waals surface area contributed by atoms with Crippen LogP contribution in [0.15, 0.2) is 72.1 Å². The van der Waals surface area contributed by atoms with Crippen LogP contribution in [0.3, 0.4) is 0 Å². The molecule has 50 heavy (non-hydrogen) atoms. The predicted molar refractivity (Wildman–Crippen MR) is 196 cm³/mol. The Morgan fingerprint density at radius 1 is 0.800 bits per heavy atom. The van der Waals surface area contributed by atoms with E-state index in [0.717, 1.165) is 52.9 Å². The molecule has 6 aliphatic rings. The van der Waals surface area contributed by atoms with Crippen molar-refractivity contribution in [2.75, 3.05) is 13.7 Å². The third-order valence-corrected chi connectivity index (χ3v) is 11.9. The van der Waals surface area contributed by atoms with Gasteiger partial charge in [-0.25, -0.2) is 4.79 Å². The average Bonchev–Trinajstić information content (AvgIpc) is 3.79. The lowest BCUT2D eigenvalue weighted by atomic mass is 9.84. The molecular formula is C43H42N4O3+2. The SMILES string of the molecule is CCOC(=O)c1c(-c2ccccc2)c2n3c1C=C1CC(C)(C)C4=[N+]1[C@@]31n3c(c(-c5ccccc5)c(CC)c3=C(OC)C3=[N+]1C(=C2)C(C)(C)C3)=C4. The molecular weight excluding hydrogens is 620 g/mol. The summed E-state index contributed by atoms with van der Waals surface area (Å²) in [6, 6.07) is 21.2. The van der Waals surface area contributed by atoms with Crippen molar-refractivity contribution in [1.29, 1.82) is 0 Å². The summed E-state index contributed by atoms with van der Waals surface area (Å²) in [5.41, 5.74) is 12.7. The van der Waals surface area contributed by atoms with Gasteiger partial charge in [-0.05, 0) is 57.7 Å². The van der Waals surface area contributed by atoms with E-state index in [9.17, 15) is 4.79 Å². The number of allylic oxidation sites excluding steroid dienone is 2. The van der Waals surface area contributed by atoms with Gasteiger partial charge in [0, 0.05) is 35.8 Å². The second kappa shape index (κ2) is 9.53. The zero-order valence-corrected chi connectivity index (χ0v) is 29.8. The monoisotopic (exact) mass is 662 g/mol. The highest BCUT2D eigenvalue weighted by Crippen LogP contribution is 2.57. The van der Waals surface area contributed by atoms with E-state index in [1.807, 2.05) is 20.1 Å². The number of carbonyl (C=O) groups is 1. The van der Waals surface area contributed by atoms with Crippen LogP contribution in [0.5, 0.6) is 0 Å². The van der Waals surface area contributed by atoms with Gasteiger partial charge in [-0.3, -0.25) is 0 Å². The third kappa shape index (κ3) is 3.25. The van der Waals surface area contributed by atoms with Crippen molar-refractivity contribution in [3.8, 4) is 22.3 Å². The van der Waals surface area contributed by atoms with Gasteiger partial charge in [0.1, 0.15) is 5.35 Å². The molecule has 6 aliphatic heterocycles. The Balaban J connectivity index is 1.51. The van der Waals surface area contributed by atoms with Gasteiger partial charge in [0.05, 0.1) is 53.3 Å². The Labute approximate surface area is 292 Å². The Morgan fingerprint density at radius 2 is 1.48 bits per heavy atom. The molecule has 0 aliphatic carbocycles. The van der Waals surface area contributed by atoms with Crippen molar-refractivity contribution in [2.24, 2.45) is 10.8 Å². The van der Waals surface area contributed by atoms with Gasteiger partial charge in [-0.1, -0.05) is 76.7 Å². The van der Waals surface area contributed by atoms with Crippen LogP contribution in [-0.4, -0.2) is 49.4 Å². The topological polar surface area (TPSA) is 51.4 Å². The summed E-state index contributed by atoms with van der Waals surface area (Å²) in [6.45, 7) is 13.9.